The summed E-state index contributed by atoms with van der Waals surface area (Å²) in [6, 6.07) is 16.5. The molecule has 0 spiro atoms. The molecule has 32 heavy (non-hydrogen) atoms. The number of halogens is 1. The first kappa shape index (κ1) is 23.3. The number of nitrogens with zero attached hydrogens (tertiary/aromatic N) is 1. The number of thiophene rings is 1. The van der Waals surface area contributed by atoms with Crippen molar-refractivity contribution in [2.45, 2.75) is 6.92 Å². The molecule has 0 unspecified atom stereocenters. The van der Waals surface area contributed by atoms with Crippen LogP contribution in [-0.2, 0) is 9.53 Å². The van der Waals surface area contributed by atoms with Crippen molar-refractivity contribution in [2.75, 3.05) is 19.0 Å². The highest BCUT2D eigenvalue weighted by atomic mass is 79.9. The smallest absolute Gasteiger partial charge is 0.341 e. The van der Waals surface area contributed by atoms with E-state index in [0.29, 0.717) is 26.4 Å². The van der Waals surface area contributed by atoms with Crippen LogP contribution in [0.5, 0.6) is 5.75 Å². The van der Waals surface area contributed by atoms with Crippen LogP contribution in [0.3, 0.4) is 0 Å². The van der Waals surface area contributed by atoms with Crippen LogP contribution in [0.4, 0.5) is 5.00 Å². The highest BCUT2D eigenvalue weighted by Gasteiger charge is 2.23. The minimum Gasteiger partial charge on any atom is -0.496 e. The molecule has 6 nitrogen and oxygen atoms in total. The molecule has 0 bridgehead atoms. The lowest BCUT2D eigenvalue weighted by molar-refractivity contribution is -0.112. The van der Waals surface area contributed by atoms with Crippen LogP contribution >= 0.6 is 27.3 Å². The summed E-state index contributed by atoms with van der Waals surface area (Å²) in [5.74, 6) is -0.521. The third kappa shape index (κ3) is 5.25. The average molecular weight is 511 g/mol. The molecule has 0 aliphatic rings. The number of esters is 1. The predicted octanol–water partition coefficient (Wildman–Crippen LogP) is 5.91. The first-order valence-corrected chi connectivity index (χ1v) is 11.3. The number of anilines is 1. The molecule has 0 aliphatic heterocycles. The normalized spacial score (nSPS) is 10.9. The Labute approximate surface area is 198 Å². The van der Waals surface area contributed by atoms with E-state index in [1.807, 2.05) is 36.4 Å². The number of carbonyl (C=O) groups is 2. The lowest BCUT2D eigenvalue weighted by Crippen LogP contribution is -2.16. The Morgan fingerprint density at radius 1 is 1.22 bits per heavy atom. The van der Waals surface area contributed by atoms with E-state index < -0.39 is 11.9 Å². The SMILES string of the molecule is CCOC(=O)c1c(-c2ccccc2)csc1NC(=O)C(C#N)=Cc1ccc(OC)c(Br)c1. The minimum absolute atomic E-state index is 0.105. The summed E-state index contributed by atoms with van der Waals surface area (Å²) in [4.78, 5) is 25.5. The van der Waals surface area contributed by atoms with Gasteiger partial charge in [-0.25, -0.2) is 4.79 Å². The van der Waals surface area contributed by atoms with Crippen molar-refractivity contribution in [3.8, 4) is 22.9 Å². The van der Waals surface area contributed by atoms with Gasteiger partial charge in [0, 0.05) is 10.9 Å². The van der Waals surface area contributed by atoms with Crippen LogP contribution in [0.25, 0.3) is 17.2 Å². The Hall–Kier alpha value is -3.41. The van der Waals surface area contributed by atoms with Gasteiger partial charge in [-0.15, -0.1) is 11.3 Å². The number of rotatable bonds is 7. The third-order valence-electron chi connectivity index (χ3n) is 4.43. The zero-order chi connectivity index (χ0) is 23.1. The molecule has 0 saturated heterocycles. The summed E-state index contributed by atoms with van der Waals surface area (Å²) in [5.41, 5.74) is 2.29. The molecule has 3 aromatic rings. The predicted molar refractivity (Wildman–Crippen MR) is 129 cm³/mol. The molecular weight excluding hydrogens is 492 g/mol. The molecule has 0 fully saturated rings. The summed E-state index contributed by atoms with van der Waals surface area (Å²) in [5, 5.41) is 14.4. The fourth-order valence-electron chi connectivity index (χ4n) is 2.94. The van der Waals surface area contributed by atoms with E-state index in [-0.39, 0.29) is 17.7 Å². The van der Waals surface area contributed by atoms with Crippen molar-refractivity contribution < 1.29 is 19.1 Å². The largest absolute Gasteiger partial charge is 0.496 e. The van der Waals surface area contributed by atoms with E-state index in [4.69, 9.17) is 9.47 Å². The van der Waals surface area contributed by atoms with Crippen LogP contribution in [0.2, 0.25) is 0 Å². The van der Waals surface area contributed by atoms with Gasteiger partial charge in [-0.1, -0.05) is 36.4 Å². The molecule has 1 N–H and O–H groups in total. The quantitative estimate of drug-likeness (QED) is 0.242. The van der Waals surface area contributed by atoms with Gasteiger partial charge in [0.15, 0.2) is 0 Å². The summed E-state index contributed by atoms with van der Waals surface area (Å²) >= 11 is 4.59. The van der Waals surface area contributed by atoms with Crippen LogP contribution in [0.1, 0.15) is 22.8 Å². The Balaban J connectivity index is 1.94. The number of benzene rings is 2. The monoisotopic (exact) mass is 510 g/mol. The molecule has 2 aromatic carbocycles. The number of nitrogens with one attached hydrogen (secondary N) is 1. The number of amides is 1. The first-order valence-electron chi connectivity index (χ1n) is 9.59. The second-order valence-electron chi connectivity index (χ2n) is 6.46. The zero-order valence-electron chi connectivity index (χ0n) is 17.3. The highest BCUT2D eigenvalue weighted by molar-refractivity contribution is 9.10. The fourth-order valence-corrected chi connectivity index (χ4v) is 4.45. The topological polar surface area (TPSA) is 88.4 Å². The van der Waals surface area contributed by atoms with Crippen molar-refractivity contribution in [3.63, 3.8) is 0 Å². The lowest BCUT2D eigenvalue weighted by Gasteiger charge is -2.09. The summed E-state index contributed by atoms with van der Waals surface area (Å²) < 4.78 is 11.1. The first-order chi connectivity index (χ1) is 15.5. The summed E-state index contributed by atoms with van der Waals surface area (Å²) in [6.45, 7) is 1.92. The van der Waals surface area contributed by atoms with Gasteiger partial charge in [0.05, 0.1) is 18.2 Å². The number of methoxy groups -OCH3 is 1. The van der Waals surface area contributed by atoms with Gasteiger partial charge in [-0.3, -0.25) is 4.79 Å². The van der Waals surface area contributed by atoms with Crippen molar-refractivity contribution in [1.82, 2.24) is 0 Å². The standard InChI is InChI=1S/C24H19BrN2O4S/c1-3-31-24(29)21-18(16-7-5-4-6-8-16)14-32-23(21)27-22(28)17(13-26)11-15-9-10-20(30-2)19(25)12-15/h4-12,14H,3H2,1-2H3,(H,27,28). The minimum atomic E-state index is -0.619. The molecule has 3 rings (SSSR count). The van der Waals surface area contributed by atoms with Crippen molar-refractivity contribution in [2.24, 2.45) is 0 Å². The Bertz CT molecular complexity index is 1210. The van der Waals surface area contributed by atoms with Crippen LogP contribution in [0.15, 0.2) is 64.0 Å². The van der Waals surface area contributed by atoms with Crippen LogP contribution in [0, 0.1) is 11.3 Å². The van der Waals surface area contributed by atoms with Gasteiger partial charge in [-0.2, -0.15) is 5.26 Å². The van der Waals surface area contributed by atoms with Gasteiger partial charge < -0.3 is 14.8 Å². The van der Waals surface area contributed by atoms with Crippen molar-refractivity contribution >= 4 is 50.2 Å². The van der Waals surface area contributed by atoms with Gasteiger partial charge >= 0.3 is 5.97 Å². The van der Waals surface area contributed by atoms with E-state index in [2.05, 4.69) is 21.2 Å². The molecule has 1 amide bonds. The number of carbonyl (C=O) groups excluding carboxylic acids is 2. The molecule has 0 atom stereocenters. The molecule has 0 radical (unpaired) electrons. The van der Waals surface area contributed by atoms with Crippen molar-refractivity contribution in [1.29, 1.82) is 5.26 Å². The molecular formula is C24H19BrN2O4S. The van der Waals surface area contributed by atoms with E-state index in [9.17, 15) is 14.9 Å². The molecule has 0 aliphatic carbocycles. The summed E-state index contributed by atoms with van der Waals surface area (Å²) in [7, 11) is 1.55. The van der Waals surface area contributed by atoms with Gasteiger partial charge in [-0.05, 0) is 52.2 Å². The molecule has 1 heterocycles. The van der Waals surface area contributed by atoms with Gasteiger partial charge in [0.2, 0.25) is 0 Å². The second kappa shape index (κ2) is 10.8. The number of ether oxygens (including phenoxy) is 2. The van der Waals surface area contributed by atoms with E-state index in [0.717, 1.165) is 5.56 Å². The number of hydrogen-bond acceptors (Lipinski definition) is 6. The van der Waals surface area contributed by atoms with Crippen LogP contribution < -0.4 is 10.1 Å². The Morgan fingerprint density at radius 3 is 2.59 bits per heavy atom. The summed E-state index contributed by atoms with van der Waals surface area (Å²) in [6.07, 6.45) is 1.47. The zero-order valence-corrected chi connectivity index (χ0v) is 19.7. The maximum atomic E-state index is 12.9. The van der Waals surface area contributed by atoms with E-state index in [1.165, 1.54) is 17.4 Å². The van der Waals surface area contributed by atoms with Crippen molar-refractivity contribution in [3.05, 3.63) is 75.1 Å². The second-order valence-corrected chi connectivity index (χ2v) is 8.19. The molecule has 162 valence electrons. The van der Waals surface area contributed by atoms with Gasteiger partial charge in [0.1, 0.15) is 28.0 Å². The van der Waals surface area contributed by atoms with Crippen LogP contribution in [-0.4, -0.2) is 25.6 Å². The fraction of sp³-hybridized carbons (Fsp3) is 0.125. The molecule has 0 saturated carbocycles. The highest BCUT2D eigenvalue weighted by Crippen LogP contribution is 2.36. The maximum Gasteiger partial charge on any atom is 0.341 e. The van der Waals surface area contributed by atoms with E-state index in [1.54, 1.807) is 37.6 Å². The maximum absolute atomic E-state index is 12.9. The Kier molecular flexibility index (Phi) is 7.82. The average Bonchev–Trinajstić information content (AvgIpc) is 3.21. The van der Waals surface area contributed by atoms with Gasteiger partial charge in [0.25, 0.3) is 5.91 Å². The number of nitriles is 1. The molecule has 8 heteroatoms. The third-order valence-corrected chi connectivity index (χ3v) is 5.95. The van der Waals surface area contributed by atoms with E-state index >= 15 is 0 Å². The number of hydrogen-bond donors (Lipinski definition) is 1. The molecule has 1 aromatic heterocycles. The lowest BCUT2D eigenvalue weighted by atomic mass is 10.0. The Morgan fingerprint density at radius 2 is 1.97 bits per heavy atom.